The maximum atomic E-state index is 12.5. The minimum atomic E-state index is -0.00319. The Labute approximate surface area is 125 Å². The van der Waals surface area contributed by atoms with Crippen LogP contribution in [0.15, 0.2) is 30.5 Å². The van der Waals surface area contributed by atoms with Crippen molar-refractivity contribution in [1.29, 1.82) is 0 Å². The molecule has 0 radical (unpaired) electrons. The number of aromatic nitrogens is 1. The van der Waals surface area contributed by atoms with Crippen LogP contribution in [0.3, 0.4) is 0 Å². The number of nitrogens with zero attached hydrogens (tertiary/aromatic N) is 1. The third-order valence-corrected chi connectivity index (χ3v) is 4.01. The molecule has 4 heteroatoms. The van der Waals surface area contributed by atoms with E-state index in [0.717, 1.165) is 48.9 Å². The molecule has 0 spiro atoms. The Balaban J connectivity index is 1.80. The lowest BCUT2D eigenvalue weighted by atomic mass is 10.1. The first-order valence-electron chi connectivity index (χ1n) is 7.77. The molecule has 3 rings (SSSR count). The molecule has 0 aliphatic carbocycles. The number of carbonyl (C=O) groups is 1. The van der Waals surface area contributed by atoms with Crippen molar-refractivity contribution in [1.82, 2.24) is 9.88 Å². The first kappa shape index (κ1) is 14.1. The molecule has 1 aromatic heterocycles. The molecule has 0 saturated carbocycles. The second kappa shape index (κ2) is 6.31. The Morgan fingerprint density at radius 2 is 2.29 bits per heavy atom. The van der Waals surface area contributed by atoms with E-state index in [1.807, 2.05) is 24.4 Å². The van der Waals surface area contributed by atoms with Crippen LogP contribution in [0.5, 0.6) is 0 Å². The van der Waals surface area contributed by atoms with E-state index in [0.29, 0.717) is 6.54 Å². The Hall–Kier alpha value is -1.81. The molecule has 1 fully saturated rings. The number of ether oxygens (including phenoxy) is 1. The van der Waals surface area contributed by atoms with Crippen molar-refractivity contribution in [3.8, 4) is 0 Å². The molecule has 21 heavy (non-hydrogen) atoms. The van der Waals surface area contributed by atoms with Gasteiger partial charge in [0, 0.05) is 36.8 Å². The number of rotatable bonds is 5. The molecule has 2 aromatic rings. The third kappa shape index (κ3) is 2.95. The Kier molecular flexibility index (Phi) is 4.25. The fourth-order valence-electron chi connectivity index (χ4n) is 2.96. The number of aryl methyl sites for hydroxylation is 1. The van der Waals surface area contributed by atoms with Gasteiger partial charge >= 0.3 is 0 Å². The summed E-state index contributed by atoms with van der Waals surface area (Å²) in [7, 11) is 0. The van der Waals surface area contributed by atoms with Crippen molar-refractivity contribution in [2.24, 2.45) is 0 Å². The van der Waals surface area contributed by atoms with E-state index in [9.17, 15) is 4.79 Å². The van der Waals surface area contributed by atoms with E-state index in [1.54, 1.807) is 0 Å². The topological polar surface area (TPSA) is 43.3 Å². The van der Waals surface area contributed by atoms with Gasteiger partial charge in [0.15, 0.2) is 0 Å². The summed E-state index contributed by atoms with van der Waals surface area (Å²) in [5.74, 6) is -0.00319. The SMILES string of the molecule is CCCn1cc(C(=O)NC[C@H]2CCCO2)c2ccccc21. The normalized spacial score (nSPS) is 18.2. The third-order valence-electron chi connectivity index (χ3n) is 4.01. The molecule has 1 amide bonds. The molecule has 4 nitrogen and oxygen atoms in total. The van der Waals surface area contributed by atoms with Crippen LogP contribution in [-0.2, 0) is 11.3 Å². The zero-order valence-electron chi connectivity index (χ0n) is 12.5. The molecule has 1 atom stereocenters. The van der Waals surface area contributed by atoms with Crippen molar-refractivity contribution < 1.29 is 9.53 Å². The van der Waals surface area contributed by atoms with Crippen LogP contribution in [-0.4, -0.2) is 29.7 Å². The zero-order chi connectivity index (χ0) is 14.7. The van der Waals surface area contributed by atoms with Crippen LogP contribution >= 0.6 is 0 Å². The van der Waals surface area contributed by atoms with E-state index in [-0.39, 0.29) is 12.0 Å². The second-order valence-corrected chi connectivity index (χ2v) is 5.60. The van der Waals surface area contributed by atoms with Gasteiger partial charge in [0.1, 0.15) is 0 Å². The maximum absolute atomic E-state index is 12.5. The molecular formula is C17H22N2O2. The number of para-hydroxylation sites is 1. The van der Waals surface area contributed by atoms with Crippen molar-refractivity contribution >= 4 is 16.8 Å². The fraction of sp³-hybridized carbons (Fsp3) is 0.471. The van der Waals surface area contributed by atoms with E-state index in [2.05, 4.69) is 22.9 Å². The lowest BCUT2D eigenvalue weighted by molar-refractivity contribution is 0.0859. The largest absolute Gasteiger partial charge is 0.376 e. The summed E-state index contributed by atoms with van der Waals surface area (Å²) in [5.41, 5.74) is 1.89. The molecule has 112 valence electrons. The number of hydrogen-bond donors (Lipinski definition) is 1. The number of benzene rings is 1. The van der Waals surface area contributed by atoms with Gasteiger partial charge in [-0.3, -0.25) is 4.79 Å². The van der Waals surface area contributed by atoms with Crippen LogP contribution in [0.25, 0.3) is 10.9 Å². The average molecular weight is 286 g/mol. The summed E-state index contributed by atoms with van der Waals surface area (Å²) in [6.45, 7) is 4.49. The highest BCUT2D eigenvalue weighted by Crippen LogP contribution is 2.22. The summed E-state index contributed by atoms with van der Waals surface area (Å²) in [6.07, 6.45) is 5.33. The Morgan fingerprint density at radius 3 is 3.05 bits per heavy atom. The predicted octanol–water partition coefficient (Wildman–Crippen LogP) is 2.96. The van der Waals surface area contributed by atoms with E-state index < -0.39 is 0 Å². The molecule has 1 N–H and O–H groups in total. The average Bonchev–Trinajstić information content (AvgIpc) is 3.14. The number of hydrogen-bond acceptors (Lipinski definition) is 2. The summed E-state index contributed by atoms with van der Waals surface area (Å²) in [4.78, 5) is 12.5. The summed E-state index contributed by atoms with van der Waals surface area (Å²) in [6, 6.07) is 8.09. The molecule has 1 aliphatic heterocycles. The first-order valence-corrected chi connectivity index (χ1v) is 7.77. The second-order valence-electron chi connectivity index (χ2n) is 5.60. The molecule has 1 aromatic carbocycles. The summed E-state index contributed by atoms with van der Waals surface area (Å²) < 4.78 is 7.71. The first-order chi connectivity index (χ1) is 10.3. The van der Waals surface area contributed by atoms with Gasteiger partial charge in [-0.1, -0.05) is 25.1 Å². The lowest BCUT2D eigenvalue weighted by Gasteiger charge is -2.10. The number of fused-ring (bicyclic) bond motifs is 1. The Bertz CT molecular complexity index is 627. The standard InChI is InChI=1S/C17H22N2O2/c1-2-9-19-12-15(14-7-3-4-8-16(14)19)17(20)18-11-13-6-5-10-21-13/h3-4,7-8,12-13H,2,5-6,9-11H2,1H3,(H,18,20)/t13-/m1/s1. The lowest BCUT2D eigenvalue weighted by Crippen LogP contribution is -2.31. The van der Waals surface area contributed by atoms with Gasteiger partial charge in [0.2, 0.25) is 0 Å². The fourth-order valence-corrected chi connectivity index (χ4v) is 2.96. The quantitative estimate of drug-likeness (QED) is 0.918. The highest BCUT2D eigenvalue weighted by Gasteiger charge is 2.19. The minimum absolute atomic E-state index is 0.00319. The van der Waals surface area contributed by atoms with Crippen molar-refractivity contribution in [2.75, 3.05) is 13.2 Å². The van der Waals surface area contributed by atoms with Gasteiger partial charge in [-0.2, -0.15) is 0 Å². The van der Waals surface area contributed by atoms with Crippen molar-refractivity contribution in [3.63, 3.8) is 0 Å². The molecule has 2 heterocycles. The highest BCUT2D eigenvalue weighted by molar-refractivity contribution is 6.07. The molecule has 0 bridgehead atoms. The van der Waals surface area contributed by atoms with Gasteiger partial charge in [0.25, 0.3) is 5.91 Å². The maximum Gasteiger partial charge on any atom is 0.253 e. The number of carbonyl (C=O) groups excluding carboxylic acids is 1. The van der Waals surface area contributed by atoms with Crippen LogP contribution in [0.4, 0.5) is 0 Å². The van der Waals surface area contributed by atoms with E-state index in [1.165, 1.54) is 0 Å². The Morgan fingerprint density at radius 1 is 1.43 bits per heavy atom. The van der Waals surface area contributed by atoms with Gasteiger partial charge in [-0.25, -0.2) is 0 Å². The highest BCUT2D eigenvalue weighted by atomic mass is 16.5. The number of nitrogens with one attached hydrogen (secondary N) is 1. The van der Waals surface area contributed by atoms with Gasteiger partial charge < -0.3 is 14.6 Å². The van der Waals surface area contributed by atoms with Gasteiger partial charge in [0.05, 0.1) is 11.7 Å². The van der Waals surface area contributed by atoms with Gasteiger partial charge in [-0.05, 0) is 25.3 Å². The van der Waals surface area contributed by atoms with Crippen molar-refractivity contribution in [2.45, 2.75) is 38.8 Å². The molecule has 0 unspecified atom stereocenters. The summed E-state index contributed by atoms with van der Waals surface area (Å²) >= 11 is 0. The molecule has 1 aliphatic rings. The predicted molar refractivity (Wildman–Crippen MR) is 83.5 cm³/mol. The van der Waals surface area contributed by atoms with Crippen LogP contribution in [0.1, 0.15) is 36.5 Å². The molecular weight excluding hydrogens is 264 g/mol. The van der Waals surface area contributed by atoms with Crippen molar-refractivity contribution in [3.05, 3.63) is 36.0 Å². The number of amides is 1. The zero-order valence-corrected chi connectivity index (χ0v) is 12.5. The minimum Gasteiger partial charge on any atom is -0.376 e. The van der Waals surface area contributed by atoms with Crippen LogP contribution in [0.2, 0.25) is 0 Å². The van der Waals surface area contributed by atoms with E-state index in [4.69, 9.17) is 4.74 Å². The molecule has 1 saturated heterocycles. The van der Waals surface area contributed by atoms with Crippen LogP contribution < -0.4 is 5.32 Å². The summed E-state index contributed by atoms with van der Waals surface area (Å²) in [5, 5.41) is 4.04. The smallest absolute Gasteiger partial charge is 0.253 e. The van der Waals surface area contributed by atoms with Gasteiger partial charge in [-0.15, -0.1) is 0 Å². The van der Waals surface area contributed by atoms with E-state index >= 15 is 0 Å². The monoisotopic (exact) mass is 286 g/mol. The van der Waals surface area contributed by atoms with Crippen LogP contribution in [0, 0.1) is 0 Å².